The third kappa shape index (κ3) is 2.51. The summed E-state index contributed by atoms with van der Waals surface area (Å²) in [6, 6.07) is 2.07. The molecule has 2 nitrogen and oxygen atoms in total. The Labute approximate surface area is 99.6 Å². The van der Waals surface area contributed by atoms with Gasteiger partial charge in [0.25, 0.3) is 0 Å². The van der Waals surface area contributed by atoms with E-state index in [1.807, 2.05) is 6.20 Å². The molecule has 1 saturated carbocycles. The first-order valence-electron chi connectivity index (χ1n) is 5.47. The Morgan fingerprint density at radius 1 is 1.47 bits per heavy atom. The molecular weight excluding hydrogens is 252 g/mol. The van der Waals surface area contributed by atoms with Gasteiger partial charge >= 0.3 is 0 Å². The highest BCUT2D eigenvalue weighted by Crippen LogP contribution is 2.51. The van der Waals surface area contributed by atoms with E-state index in [-0.39, 0.29) is 0 Å². The maximum atomic E-state index is 4.14. The van der Waals surface area contributed by atoms with E-state index in [9.17, 15) is 0 Å². The van der Waals surface area contributed by atoms with Crippen molar-refractivity contribution in [2.75, 3.05) is 11.9 Å². The molecular formula is C12H17BrN2. The number of nitrogens with one attached hydrogen (secondary N) is 1. The van der Waals surface area contributed by atoms with E-state index in [1.165, 1.54) is 12.8 Å². The van der Waals surface area contributed by atoms with Gasteiger partial charge in [0.1, 0.15) is 0 Å². The first kappa shape index (κ1) is 10.9. The quantitative estimate of drug-likeness (QED) is 0.901. The molecule has 1 aliphatic rings. The smallest absolute Gasteiger partial charge is 0.0538 e. The van der Waals surface area contributed by atoms with Gasteiger partial charge in [-0.25, -0.2) is 0 Å². The molecule has 3 heteroatoms. The lowest BCUT2D eigenvalue weighted by Crippen LogP contribution is -2.20. The van der Waals surface area contributed by atoms with Gasteiger partial charge in [0.2, 0.25) is 0 Å². The Bertz CT molecular complexity index is 345. The van der Waals surface area contributed by atoms with Crippen molar-refractivity contribution in [2.45, 2.75) is 26.7 Å². The molecule has 1 aliphatic carbocycles. The third-order valence-electron chi connectivity index (χ3n) is 3.47. The van der Waals surface area contributed by atoms with E-state index in [4.69, 9.17) is 0 Å². The van der Waals surface area contributed by atoms with Crippen molar-refractivity contribution >= 4 is 21.6 Å². The Balaban J connectivity index is 1.94. The van der Waals surface area contributed by atoms with Crippen LogP contribution in [0.15, 0.2) is 22.9 Å². The average molecular weight is 269 g/mol. The Morgan fingerprint density at radius 3 is 2.73 bits per heavy atom. The van der Waals surface area contributed by atoms with E-state index in [1.54, 1.807) is 6.20 Å². The number of halogens is 1. The molecule has 0 atom stereocenters. The van der Waals surface area contributed by atoms with Crippen molar-refractivity contribution in [2.24, 2.45) is 11.3 Å². The van der Waals surface area contributed by atoms with Crippen LogP contribution >= 0.6 is 15.9 Å². The SMILES string of the molecule is CC(C)C1(CNc2cncc(Br)c2)CC1. The summed E-state index contributed by atoms with van der Waals surface area (Å²) in [4.78, 5) is 4.14. The molecule has 0 radical (unpaired) electrons. The van der Waals surface area contributed by atoms with Crippen LogP contribution in [0.25, 0.3) is 0 Å². The highest BCUT2D eigenvalue weighted by atomic mass is 79.9. The standard InChI is InChI=1S/C12H17BrN2/c1-9(2)12(3-4-12)8-15-11-5-10(13)6-14-7-11/h5-7,9,15H,3-4,8H2,1-2H3. The van der Waals surface area contributed by atoms with Gasteiger partial charge in [-0.15, -0.1) is 0 Å². The zero-order valence-corrected chi connectivity index (χ0v) is 10.8. The van der Waals surface area contributed by atoms with E-state index < -0.39 is 0 Å². The fourth-order valence-electron chi connectivity index (χ4n) is 1.91. The predicted octanol–water partition coefficient (Wildman–Crippen LogP) is 3.69. The molecule has 1 aromatic rings. The second-order valence-corrected chi connectivity index (χ2v) is 5.68. The van der Waals surface area contributed by atoms with Crippen LogP contribution in [0.4, 0.5) is 5.69 Å². The molecule has 0 saturated heterocycles. The van der Waals surface area contributed by atoms with Crippen LogP contribution in [0.1, 0.15) is 26.7 Å². The van der Waals surface area contributed by atoms with Gasteiger partial charge in [0, 0.05) is 17.2 Å². The van der Waals surface area contributed by atoms with E-state index in [0.29, 0.717) is 5.41 Å². The largest absolute Gasteiger partial charge is 0.383 e. The molecule has 1 heterocycles. The first-order valence-corrected chi connectivity index (χ1v) is 6.26. The third-order valence-corrected chi connectivity index (χ3v) is 3.90. The summed E-state index contributed by atoms with van der Waals surface area (Å²) in [6.07, 6.45) is 6.40. The fourth-order valence-corrected chi connectivity index (χ4v) is 2.27. The van der Waals surface area contributed by atoms with Crippen LogP contribution in [0.2, 0.25) is 0 Å². The first-order chi connectivity index (χ1) is 7.12. The average Bonchev–Trinajstić information content (AvgIpc) is 2.96. The molecule has 2 rings (SSSR count). The molecule has 0 amide bonds. The molecule has 0 spiro atoms. The van der Waals surface area contributed by atoms with Crippen molar-refractivity contribution in [3.8, 4) is 0 Å². The minimum Gasteiger partial charge on any atom is -0.383 e. The Morgan fingerprint density at radius 2 is 2.20 bits per heavy atom. The van der Waals surface area contributed by atoms with Crippen LogP contribution in [0.3, 0.4) is 0 Å². The van der Waals surface area contributed by atoms with Crippen LogP contribution in [-0.2, 0) is 0 Å². The lowest BCUT2D eigenvalue weighted by atomic mass is 9.92. The summed E-state index contributed by atoms with van der Waals surface area (Å²) < 4.78 is 1.03. The van der Waals surface area contributed by atoms with Gasteiger partial charge < -0.3 is 5.32 Å². The monoisotopic (exact) mass is 268 g/mol. The van der Waals surface area contributed by atoms with E-state index in [0.717, 1.165) is 22.6 Å². The van der Waals surface area contributed by atoms with E-state index in [2.05, 4.69) is 46.1 Å². The van der Waals surface area contributed by atoms with Gasteiger partial charge in [-0.2, -0.15) is 0 Å². The van der Waals surface area contributed by atoms with Gasteiger partial charge in [0.05, 0.1) is 11.9 Å². The molecule has 1 aromatic heterocycles. The summed E-state index contributed by atoms with van der Waals surface area (Å²) in [7, 11) is 0. The van der Waals surface area contributed by atoms with Crippen molar-refractivity contribution < 1.29 is 0 Å². The minimum absolute atomic E-state index is 0.544. The van der Waals surface area contributed by atoms with Crippen molar-refractivity contribution in [1.82, 2.24) is 4.98 Å². The van der Waals surface area contributed by atoms with E-state index >= 15 is 0 Å². The second kappa shape index (κ2) is 4.12. The topological polar surface area (TPSA) is 24.9 Å². The highest BCUT2D eigenvalue weighted by Gasteiger charge is 2.44. The van der Waals surface area contributed by atoms with Gasteiger partial charge in [0.15, 0.2) is 0 Å². The molecule has 82 valence electrons. The maximum absolute atomic E-state index is 4.14. The van der Waals surface area contributed by atoms with Gasteiger partial charge in [-0.1, -0.05) is 13.8 Å². The number of aromatic nitrogens is 1. The Hall–Kier alpha value is -0.570. The molecule has 1 N–H and O–H groups in total. The normalized spacial score (nSPS) is 17.9. The number of nitrogens with zero attached hydrogens (tertiary/aromatic N) is 1. The van der Waals surface area contributed by atoms with Crippen LogP contribution in [0, 0.1) is 11.3 Å². The molecule has 15 heavy (non-hydrogen) atoms. The zero-order chi connectivity index (χ0) is 10.9. The maximum Gasteiger partial charge on any atom is 0.0538 e. The molecule has 0 unspecified atom stereocenters. The van der Waals surface area contributed by atoms with Crippen LogP contribution in [0.5, 0.6) is 0 Å². The van der Waals surface area contributed by atoms with Crippen LogP contribution < -0.4 is 5.32 Å². The van der Waals surface area contributed by atoms with Gasteiger partial charge in [-0.05, 0) is 46.2 Å². The molecule has 0 aromatic carbocycles. The number of hydrogen-bond acceptors (Lipinski definition) is 2. The lowest BCUT2D eigenvalue weighted by molar-refractivity contribution is 0.380. The van der Waals surface area contributed by atoms with Crippen molar-refractivity contribution in [1.29, 1.82) is 0 Å². The number of rotatable bonds is 4. The highest BCUT2D eigenvalue weighted by molar-refractivity contribution is 9.10. The molecule has 0 aliphatic heterocycles. The van der Waals surface area contributed by atoms with Crippen molar-refractivity contribution in [3.63, 3.8) is 0 Å². The predicted molar refractivity (Wildman–Crippen MR) is 66.9 cm³/mol. The number of hydrogen-bond donors (Lipinski definition) is 1. The van der Waals surface area contributed by atoms with Crippen LogP contribution in [-0.4, -0.2) is 11.5 Å². The number of anilines is 1. The van der Waals surface area contributed by atoms with Crippen molar-refractivity contribution in [3.05, 3.63) is 22.9 Å². The molecule has 0 bridgehead atoms. The summed E-state index contributed by atoms with van der Waals surface area (Å²) >= 11 is 3.42. The van der Waals surface area contributed by atoms with Gasteiger partial charge in [-0.3, -0.25) is 4.98 Å². The minimum atomic E-state index is 0.544. The molecule has 1 fully saturated rings. The number of pyridine rings is 1. The lowest BCUT2D eigenvalue weighted by Gasteiger charge is -2.20. The summed E-state index contributed by atoms with van der Waals surface area (Å²) in [5.74, 6) is 0.769. The summed E-state index contributed by atoms with van der Waals surface area (Å²) in [6.45, 7) is 5.70. The summed E-state index contributed by atoms with van der Waals surface area (Å²) in [5, 5.41) is 3.48. The fraction of sp³-hybridized carbons (Fsp3) is 0.583. The second-order valence-electron chi connectivity index (χ2n) is 4.76. The Kier molecular flexibility index (Phi) is 3.01. The summed E-state index contributed by atoms with van der Waals surface area (Å²) in [5.41, 5.74) is 1.65. The zero-order valence-electron chi connectivity index (χ0n) is 9.26.